The number of rotatable bonds is 2. The van der Waals surface area contributed by atoms with Crippen molar-refractivity contribution in [2.24, 2.45) is 4.90 Å². The average Bonchev–Trinajstić information content (AvgIpc) is 2.58. The first-order valence-corrected chi connectivity index (χ1v) is 5.42. The summed E-state index contributed by atoms with van der Waals surface area (Å²) in [6.45, 7) is 3.07. The van der Waals surface area contributed by atoms with Crippen LogP contribution < -0.4 is 5.46 Å². The van der Waals surface area contributed by atoms with Gasteiger partial charge in [0.2, 0.25) is 0 Å². The SMILES string of the molecule is CCCc1c(Br)ccc2c1B=NC2. The van der Waals surface area contributed by atoms with Crippen molar-refractivity contribution >= 4 is 28.5 Å². The van der Waals surface area contributed by atoms with Crippen molar-refractivity contribution in [1.82, 2.24) is 0 Å². The number of hydrogen-bond acceptors (Lipinski definition) is 1. The van der Waals surface area contributed by atoms with Crippen LogP contribution in [0.3, 0.4) is 0 Å². The molecule has 0 radical (unpaired) electrons. The second-order valence-electron chi connectivity index (χ2n) is 3.32. The summed E-state index contributed by atoms with van der Waals surface area (Å²) in [6.07, 6.45) is 2.32. The maximum atomic E-state index is 4.29. The van der Waals surface area contributed by atoms with Crippen LogP contribution in [0.2, 0.25) is 0 Å². The molecule has 66 valence electrons. The van der Waals surface area contributed by atoms with Crippen molar-refractivity contribution in [3.05, 3.63) is 27.7 Å². The van der Waals surface area contributed by atoms with E-state index in [0.29, 0.717) is 0 Å². The average molecular weight is 236 g/mol. The molecule has 0 fully saturated rings. The molecule has 0 atom stereocenters. The Balaban J connectivity index is 2.51. The van der Waals surface area contributed by atoms with Gasteiger partial charge in [-0.2, -0.15) is 0 Å². The minimum absolute atomic E-state index is 0.860. The number of hydrogen-bond donors (Lipinski definition) is 0. The number of fused-ring (bicyclic) bond motifs is 1. The molecule has 0 unspecified atom stereocenters. The Morgan fingerprint density at radius 1 is 1.54 bits per heavy atom. The van der Waals surface area contributed by atoms with Gasteiger partial charge in [-0.1, -0.05) is 0 Å². The minimum atomic E-state index is 0.860. The fraction of sp³-hybridized carbons (Fsp3) is 0.400. The quantitative estimate of drug-likeness (QED) is 0.699. The van der Waals surface area contributed by atoms with Crippen molar-refractivity contribution in [2.75, 3.05) is 0 Å². The summed E-state index contributed by atoms with van der Waals surface area (Å²) in [5.41, 5.74) is 4.13. The summed E-state index contributed by atoms with van der Waals surface area (Å²) in [5, 5.41) is 0. The molecule has 13 heavy (non-hydrogen) atoms. The van der Waals surface area contributed by atoms with Crippen molar-refractivity contribution < 1.29 is 0 Å². The van der Waals surface area contributed by atoms with E-state index in [1.807, 2.05) is 7.07 Å². The zero-order chi connectivity index (χ0) is 9.26. The molecule has 2 rings (SSSR count). The molecule has 0 aliphatic carbocycles. The number of nitrogens with zero attached hydrogens (tertiary/aromatic N) is 1. The third-order valence-corrected chi connectivity index (χ3v) is 3.12. The topological polar surface area (TPSA) is 12.4 Å². The summed E-state index contributed by atoms with van der Waals surface area (Å²) in [5.74, 6) is 0. The van der Waals surface area contributed by atoms with E-state index in [9.17, 15) is 0 Å². The molecule has 1 aliphatic heterocycles. The zero-order valence-corrected chi connectivity index (χ0v) is 9.26. The van der Waals surface area contributed by atoms with E-state index >= 15 is 0 Å². The summed E-state index contributed by atoms with van der Waals surface area (Å²) in [4.78, 5) is 4.29. The standard InChI is InChI=1S/C10H11BBrN/c1-2-3-8-9(12)5-4-7-6-13-11-10(7)8/h4-5H,2-3,6H2,1H3. The zero-order valence-electron chi connectivity index (χ0n) is 7.68. The van der Waals surface area contributed by atoms with E-state index in [4.69, 9.17) is 0 Å². The summed E-state index contributed by atoms with van der Waals surface area (Å²) >= 11 is 3.59. The molecule has 1 aromatic rings. The molecule has 1 heterocycles. The Kier molecular flexibility index (Phi) is 2.63. The normalized spacial score (nSPS) is 12.8. The molecule has 0 N–H and O–H groups in total. The van der Waals surface area contributed by atoms with Crippen molar-refractivity contribution in [3.63, 3.8) is 0 Å². The molecule has 1 aromatic carbocycles. The Labute approximate surface area is 87.6 Å². The summed E-state index contributed by atoms with van der Waals surface area (Å²) in [7, 11) is 2.01. The second-order valence-corrected chi connectivity index (χ2v) is 4.17. The van der Waals surface area contributed by atoms with E-state index in [1.54, 1.807) is 0 Å². The van der Waals surface area contributed by atoms with Crippen LogP contribution >= 0.6 is 15.9 Å². The first-order chi connectivity index (χ1) is 6.33. The molecule has 0 spiro atoms. The van der Waals surface area contributed by atoms with E-state index in [-0.39, 0.29) is 0 Å². The molecule has 0 saturated heterocycles. The van der Waals surface area contributed by atoms with Crippen LogP contribution in [0, 0.1) is 0 Å². The first-order valence-electron chi connectivity index (χ1n) is 4.63. The van der Waals surface area contributed by atoms with Gasteiger partial charge >= 0.3 is 87.4 Å². The molecule has 0 amide bonds. The fourth-order valence-electron chi connectivity index (χ4n) is 1.72. The number of benzene rings is 1. The third kappa shape index (κ3) is 1.62. The number of halogens is 1. The van der Waals surface area contributed by atoms with Gasteiger partial charge in [0.25, 0.3) is 0 Å². The second kappa shape index (κ2) is 3.75. The van der Waals surface area contributed by atoms with Gasteiger partial charge in [0, 0.05) is 0 Å². The van der Waals surface area contributed by atoms with Crippen LogP contribution in [-0.2, 0) is 13.0 Å². The third-order valence-electron chi connectivity index (χ3n) is 2.37. The van der Waals surface area contributed by atoms with E-state index in [1.165, 1.54) is 27.5 Å². The van der Waals surface area contributed by atoms with Crippen molar-refractivity contribution in [3.8, 4) is 0 Å². The maximum absolute atomic E-state index is 4.29. The molecular weight excluding hydrogens is 225 g/mol. The van der Waals surface area contributed by atoms with Gasteiger partial charge in [-0.05, 0) is 0 Å². The Bertz CT molecular complexity index is 360. The fourth-order valence-corrected chi connectivity index (χ4v) is 2.27. The molecule has 0 saturated carbocycles. The molecular formula is C10H11BBrN. The van der Waals surface area contributed by atoms with Crippen LogP contribution in [0.15, 0.2) is 21.5 Å². The van der Waals surface area contributed by atoms with Gasteiger partial charge in [0.05, 0.1) is 0 Å². The molecule has 0 bridgehead atoms. The monoisotopic (exact) mass is 235 g/mol. The van der Waals surface area contributed by atoms with E-state index in [0.717, 1.165) is 13.0 Å². The summed E-state index contributed by atoms with van der Waals surface area (Å²) in [6, 6.07) is 4.30. The molecule has 0 aromatic heterocycles. The van der Waals surface area contributed by atoms with Crippen LogP contribution in [-0.4, -0.2) is 7.07 Å². The van der Waals surface area contributed by atoms with Gasteiger partial charge in [-0.15, -0.1) is 0 Å². The predicted octanol–water partition coefficient (Wildman–Crippen LogP) is 2.43. The van der Waals surface area contributed by atoms with Crippen LogP contribution in [0.5, 0.6) is 0 Å². The van der Waals surface area contributed by atoms with E-state index < -0.39 is 0 Å². The van der Waals surface area contributed by atoms with Crippen molar-refractivity contribution in [1.29, 1.82) is 0 Å². The predicted molar refractivity (Wildman–Crippen MR) is 59.7 cm³/mol. The molecule has 1 nitrogen and oxygen atoms in total. The van der Waals surface area contributed by atoms with Crippen molar-refractivity contribution in [2.45, 2.75) is 26.3 Å². The van der Waals surface area contributed by atoms with Crippen LogP contribution in [0.25, 0.3) is 0 Å². The Hall–Kier alpha value is -0.435. The molecule has 1 aliphatic rings. The first kappa shape index (κ1) is 9.13. The van der Waals surface area contributed by atoms with Gasteiger partial charge in [-0.3, -0.25) is 0 Å². The Morgan fingerprint density at radius 3 is 3.15 bits per heavy atom. The van der Waals surface area contributed by atoms with Gasteiger partial charge < -0.3 is 0 Å². The van der Waals surface area contributed by atoms with Gasteiger partial charge in [-0.25, -0.2) is 0 Å². The summed E-state index contributed by atoms with van der Waals surface area (Å²) < 4.78 is 1.22. The van der Waals surface area contributed by atoms with E-state index in [2.05, 4.69) is 39.9 Å². The Morgan fingerprint density at radius 2 is 2.38 bits per heavy atom. The van der Waals surface area contributed by atoms with Gasteiger partial charge in [0.15, 0.2) is 0 Å². The molecule has 3 heteroatoms. The van der Waals surface area contributed by atoms with Crippen LogP contribution in [0.4, 0.5) is 0 Å². The van der Waals surface area contributed by atoms with Crippen LogP contribution in [0.1, 0.15) is 24.5 Å². The van der Waals surface area contributed by atoms with Gasteiger partial charge in [0.1, 0.15) is 0 Å².